The Morgan fingerprint density at radius 1 is 1.25 bits per heavy atom. The summed E-state index contributed by atoms with van der Waals surface area (Å²) < 4.78 is 12.9. The van der Waals surface area contributed by atoms with E-state index >= 15 is 0 Å². The van der Waals surface area contributed by atoms with Crippen LogP contribution in [-0.2, 0) is 30.3 Å². The van der Waals surface area contributed by atoms with Crippen LogP contribution < -0.4 is 11.1 Å². The van der Waals surface area contributed by atoms with Gasteiger partial charge < -0.3 is 25.6 Å². The zero-order chi connectivity index (χ0) is 34.4. The first-order valence-electron chi connectivity index (χ1n) is 16.3. The average Bonchev–Trinajstić information content (AvgIpc) is 3.58. The van der Waals surface area contributed by atoms with Gasteiger partial charge in [0.15, 0.2) is 5.60 Å². The summed E-state index contributed by atoms with van der Waals surface area (Å²) in [4.78, 5) is 50.4. The summed E-state index contributed by atoms with van der Waals surface area (Å²) in [6.45, 7) is 3.66. The second-order valence-corrected chi connectivity index (χ2v) is 14.9. The van der Waals surface area contributed by atoms with E-state index in [0.29, 0.717) is 30.5 Å². The number of hydrogen-bond acceptors (Lipinski definition) is 10. The topological polar surface area (TPSA) is 187 Å². The van der Waals surface area contributed by atoms with Gasteiger partial charge in [0.25, 0.3) is 5.91 Å². The Kier molecular flexibility index (Phi) is 9.04. The number of methoxy groups -OCH3 is 1. The number of fused-ring (bicyclic) bond motifs is 6. The van der Waals surface area contributed by atoms with Crippen LogP contribution in [-0.4, -0.2) is 75.5 Å². The van der Waals surface area contributed by atoms with E-state index in [0.717, 1.165) is 35.9 Å². The molecule has 6 rings (SSSR count). The van der Waals surface area contributed by atoms with Crippen molar-refractivity contribution in [2.45, 2.75) is 64.1 Å². The van der Waals surface area contributed by atoms with Crippen molar-refractivity contribution in [3.8, 4) is 11.8 Å². The minimum atomic E-state index is -1.45. The van der Waals surface area contributed by atoms with E-state index < -0.39 is 34.9 Å². The lowest BCUT2D eigenvalue weighted by Gasteiger charge is -2.60. The molecular formula is C35H41N5O7S. The fraction of sp³-hybridized carbons (Fsp3) is 0.543. The molecule has 1 aromatic carbocycles. The Hall–Kier alpha value is -3.99. The fourth-order valence-electron chi connectivity index (χ4n) is 9.53. The number of rotatable bonds is 9. The summed E-state index contributed by atoms with van der Waals surface area (Å²) in [6, 6.07) is 9.03. The molecule has 0 bridgehead atoms. The predicted octanol–water partition coefficient (Wildman–Crippen LogP) is 2.95. The van der Waals surface area contributed by atoms with Gasteiger partial charge in [-0.2, -0.15) is 10.4 Å². The number of allylic oxidation sites excluding steroid dienone is 1. The smallest absolute Gasteiger partial charge is 0.333 e. The van der Waals surface area contributed by atoms with Gasteiger partial charge in [-0.05, 0) is 91.5 Å². The summed E-state index contributed by atoms with van der Waals surface area (Å²) >= 11 is 0.875. The number of primary amides is 1. The number of aliphatic hydroxyl groups excluding tert-OH is 1. The maximum absolute atomic E-state index is 13.8. The zero-order valence-electron chi connectivity index (χ0n) is 27.4. The van der Waals surface area contributed by atoms with Crippen molar-refractivity contribution < 1.29 is 33.8 Å². The molecule has 0 unspecified atom stereocenters. The molecule has 0 saturated heterocycles. The maximum atomic E-state index is 13.8. The number of nitrogens with two attached hydrogens (primary N) is 1. The number of aromatic nitrogens is 2. The SMILES string of the molecule is COCC(=O)O[C@]1(C(=O)SCC#N)CC[C@H]2[C@@H]3CCC4=Cc5c(cnn5-c5cccc(C(=O)NCC(N)=O)c5)C[C@]4(C)[C@H]3[C@@H](O)C[C@@]21C. The maximum Gasteiger partial charge on any atom is 0.333 e. The highest BCUT2D eigenvalue weighted by molar-refractivity contribution is 8.14. The largest absolute Gasteiger partial charge is 0.448 e. The summed E-state index contributed by atoms with van der Waals surface area (Å²) in [5.41, 5.74) is 6.82. The van der Waals surface area contributed by atoms with E-state index in [1.807, 2.05) is 29.9 Å². The van der Waals surface area contributed by atoms with Gasteiger partial charge in [0, 0.05) is 18.1 Å². The monoisotopic (exact) mass is 675 g/mol. The molecule has 0 spiro atoms. The Balaban J connectivity index is 1.30. The van der Waals surface area contributed by atoms with Crippen LogP contribution in [0.3, 0.4) is 0 Å². The quantitative estimate of drug-likeness (QED) is 0.334. The van der Waals surface area contributed by atoms with Crippen molar-refractivity contribution in [3.05, 3.63) is 52.9 Å². The van der Waals surface area contributed by atoms with Crippen molar-refractivity contribution in [2.75, 3.05) is 26.0 Å². The van der Waals surface area contributed by atoms with E-state index in [1.165, 1.54) is 12.7 Å². The number of thioether (sulfide) groups is 1. The van der Waals surface area contributed by atoms with Crippen molar-refractivity contribution >= 4 is 40.7 Å². The summed E-state index contributed by atoms with van der Waals surface area (Å²) in [6.07, 6.45) is 6.83. The van der Waals surface area contributed by atoms with Crippen LogP contribution in [0.4, 0.5) is 0 Å². The van der Waals surface area contributed by atoms with Crippen molar-refractivity contribution in [1.82, 2.24) is 15.1 Å². The van der Waals surface area contributed by atoms with Gasteiger partial charge >= 0.3 is 5.97 Å². The van der Waals surface area contributed by atoms with Gasteiger partial charge in [-0.3, -0.25) is 14.4 Å². The standard InChI is InChI=1S/C35H41N5O7S/c1-33-15-21-17-39-40(23-6-4-5-20(13-23)31(44)38-18-28(37)42)26(21)14-22(33)7-8-24-25-9-10-35(32(45)48-12-11-36,47-29(43)19-46-3)34(25,2)16-27(41)30(24)33/h4-6,13-14,17,24-25,27,30,41H,7-10,12,15-16,18-19H2,1-3H3,(H2,37,42)(H,38,44)/t24-,25-,27-,30+,33-,34-,35-/m0/s1. The van der Waals surface area contributed by atoms with E-state index in [4.69, 9.17) is 20.3 Å². The molecule has 0 radical (unpaired) electrons. The highest BCUT2D eigenvalue weighted by atomic mass is 32.2. The third-order valence-electron chi connectivity index (χ3n) is 11.5. The Bertz CT molecular complexity index is 1730. The lowest BCUT2D eigenvalue weighted by molar-refractivity contribution is -0.198. The number of carbonyl (C=O) groups is 4. The van der Waals surface area contributed by atoms with Gasteiger partial charge in [-0.15, -0.1) is 0 Å². The summed E-state index contributed by atoms with van der Waals surface area (Å²) in [7, 11) is 1.39. The Labute approximate surface area is 283 Å². The molecule has 12 nitrogen and oxygen atoms in total. The second-order valence-electron chi connectivity index (χ2n) is 14.0. The van der Waals surface area contributed by atoms with E-state index in [9.17, 15) is 29.5 Å². The zero-order valence-corrected chi connectivity index (χ0v) is 28.2. The van der Waals surface area contributed by atoms with Crippen molar-refractivity contribution in [2.24, 2.45) is 34.3 Å². The Morgan fingerprint density at radius 2 is 2.04 bits per heavy atom. The molecule has 4 aliphatic carbocycles. The highest BCUT2D eigenvalue weighted by Gasteiger charge is 2.70. The number of aliphatic hydroxyl groups is 1. The molecule has 4 N–H and O–H groups in total. The number of hydrogen-bond donors (Lipinski definition) is 3. The molecule has 2 aromatic rings. The van der Waals surface area contributed by atoms with Crippen molar-refractivity contribution in [3.63, 3.8) is 0 Å². The van der Waals surface area contributed by atoms with Crippen LogP contribution >= 0.6 is 11.8 Å². The normalized spacial score (nSPS) is 31.6. The van der Waals surface area contributed by atoms with E-state index in [1.54, 1.807) is 18.2 Å². The third kappa shape index (κ3) is 5.44. The number of carbonyl (C=O) groups excluding carboxylic acids is 4. The molecule has 3 fully saturated rings. The average molecular weight is 676 g/mol. The highest BCUT2D eigenvalue weighted by Crippen LogP contribution is 2.68. The lowest BCUT2D eigenvalue weighted by atomic mass is 9.45. The molecule has 7 atom stereocenters. The number of nitrogens with zero attached hydrogens (tertiary/aromatic N) is 3. The van der Waals surface area contributed by atoms with Gasteiger partial charge in [0.2, 0.25) is 11.0 Å². The van der Waals surface area contributed by atoms with Crippen LogP contribution in [0.15, 0.2) is 36.0 Å². The molecular weight excluding hydrogens is 634 g/mol. The molecule has 254 valence electrons. The van der Waals surface area contributed by atoms with Gasteiger partial charge in [-0.1, -0.05) is 37.2 Å². The first-order valence-corrected chi connectivity index (χ1v) is 17.2. The van der Waals surface area contributed by atoms with Crippen LogP contribution in [0.5, 0.6) is 0 Å². The molecule has 0 aliphatic heterocycles. The summed E-state index contributed by atoms with van der Waals surface area (Å²) in [5.74, 6) is -1.68. The first kappa shape index (κ1) is 33.9. The molecule has 3 saturated carbocycles. The van der Waals surface area contributed by atoms with E-state index in [-0.39, 0.29) is 53.6 Å². The Morgan fingerprint density at radius 3 is 2.77 bits per heavy atom. The molecule has 13 heteroatoms. The van der Waals surface area contributed by atoms with Crippen molar-refractivity contribution in [1.29, 1.82) is 5.26 Å². The first-order chi connectivity index (χ1) is 22.9. The minimum Gasteiger partial charge on any atom is -0.448 e. The number of nitriles is 1. The van der Waals surface area contributed by atoms with Crippen LogP contribution in [0.1, 0.15) is 67.6 Å². The third-order valence-corrected chi connectivity index (χ3v) is 12.3. The number of ether oxygens (including phenoxy) is 2. The number of benzene rings is 1. The second kappa shape index (κ2) is 12.8. The molecule has 1 aromatic heterocycles. The lowest BCUT2D eigenvalue weighted by Crippen LogP contribution is -2.62. The summed E-state index contributed by atoms with van der Waals surface area (Å²) in [5, 5.41) is 28.2. The molecule has 48 heavy (non-hydrogen) atoms. The number of esters is 1. The van der Waals surface area contributed by atoms with Crippen LogP contribution in [0, 0.1) is 39.9 Å². The fourth-order valence-corrected chi connectivity index (χ4v) is 10.3. The van der Waals surface area contributed by atoms with Gasteiger partial charge in [-0.25, -0.2) is 9.48 Å². The van der Waals surface area contributed by atoms with Gasteiger partial charge in [0.1, 0.15) is 6.61 Å². The number of amides is 2. The molecule has 1 heterocycles. The van der Waals surface area contributed by atoms with Gasteiger partial charge in [0.05, 0.1) is 42.0 Å². The molecule has 4 aliphatic rings. The van der Waals surface area contributed by atoms with Crippen LogP contribution in [0.25, 0.3) is 11.8 Å². The minimum absolute atomic E-state index is 0.0267. The molecule has 2 amide bonds. The predicted molar refractivity (Wildman–Crippen MR) is 176 cm³/mol. The number of nitrogens with one attached hydrogen (secondary N) is 1. The van der Waals surface area contributed by atoms with E-state index in [2.05, 4.69) is 18.3 Å². The van der Waals surface area contributed by atoms with Crippen LogP contribution in [0.2, 0.25) is 0 Å².